The van der Waals surface area contributed by atoms with Crippen LogP contribution >= 0.6 is 0 Å². The quantitative estimate of drug-likeness (QED) is 0.739. The number of hydrogen-bond acceptors (Lipinski definition) is 4. The molecular weight excluding hydrogens is 322 g/mol. The molecule has 1 aliphatic heterocycles. The first kappa shape index (κ1) is 15.6. The van der Waals surface area contributed by atoms with E-state index in [1.165, 1.54) is 35.2 Å². The second kappa shape index (κ2) is 6.57. The van der Waals surface area contributed by atoms with Gasteiger partial charge in [0.1, 0.15) is 0 Å². The Balaban J connectivity index is 1.39. The highest BCUT2D eigenvalue weighted by Gasteiger charge is 2.26. The average molecular weight is 345 g/mol. The highest BCUT2D eigenvalue weighted by Crippen LogP contribution is 2.33. The summed E-state index contributed by atoms with van der Waals surface area (Å²) in [6.45, 7) is 3.02. The molecule has 2 N–H and O–H groups in total. The highest BCUT2D eigenvalue weighted by atomic mass is 15.3. The second-order valence-electron chi connectivity index (χ2n) is 7.26. The number of anilines is 2. The van der Waals surface area contributed by atoms with Gasteiger partial charge in [-0.2, -0.15) is 5.10 Å². The lowest BCUT2D eigenvalue weighted by atomic mass is 10.1. The van der Waals surface area contributed by atoms with Crippen LogP contribution in [0, 0.1) is 5.92 Å². The zero-order valence-corrected chi connectivity index (χ0v) is 14.8. The van der Waals surface area contributed by atoms with E-state index >= 15 is 0 Å². The number of nitrogens with one attached hydrogen (secondary N) is 2. The molecule has 3 aromatic rings. The Morgan fingerprint density at radius 2 is 1.81 bits per heavy atom. The SMILES string of the molecule is c1cc(-c2ccc(Nc3nn(CC4CC4)c4c3CNCC4)cc2)ccn1. The minimum Gasteiger partial charge on any atom is -0.338 e. The summed E-state index contributed by atoms with van der Waals surface area (Å²) in [5.41, 5.74) is 6.19. The number of hydrogen-bond donors (Lipinski definition) is 2. The predicted molar refractivity (Wildman–Crippen MR) is 103 cm³/mol. The minimum absolute atomic E-state index is 0.835. The number of aromatic nitrogens is 3. The fourth-order valence-corrected chi connectivity index (χ4v) is 3.64. The van der Waals surface area contributed by atoms with Gasteiger partial charge in [-0.1, -0.05) is 12.1 Å². The van der Waals surface area contributed by atoms with Crippen LogP contribution < -0.4 is 10.6 Å². The van der Waals surface area contributed by atoms with Crippen LogP contribution in [0.15, 0.2) is 48.8 Å². The molecule has 2 aliphatic rings. The molecule has 1 aliphatic carbocycles. The Labute approximate surface area is 153 Å². The summed E-state index contributed by atoms with van der Waals surface area (Å²) in [4.78, 5) is 4.08. The van der Waals surface area contributed by atoms with Crippen LogP contribution in [-0.4, -0.2) is 21.3 Å². The molecule has 5 nitrogen and oxygen atoms in total. The molecule has 26 heavy (non-hydrogen) atoms. The van der Waals surface area contributed by atoms with Gasteiger partial charge in [0, 0.05) is 55.4 Å². The summed E-state index contributed by atoms with van der Waals surface area (Å²) in [6.07, 6.45) is 7.43. The van der Waals surface area contributed by atoms with Crippen LogP contribution in [0.5, 0.6) is 0 Å². The standard InChI is InChI=1S/C21H23N5/c1-2-15(1)14-26-20-9-12-23-13-19(20)21(25-26)24-18-5-3-16(4-6-18)17-7-10-22-11-8-17/h3-8,10-11,15,23H,1-2,9,12-14H2,(H,24,25). The fourth-order valence-electron chi connectivity index (χ4n) is 3.64. The number of nitrogens with zero attached hydrogens (tertiary/aromatic N) is 3. The maximum atomic E-state index is 4.91. The van der Waals surface area contributed by atoms with Crippen LogP contribution in [0.1, 0.15) is 24.1 Å². The van der Waals surface area contributed by atoms with Gasteiger partial charge in [0.2, 0.25) is 0 Å². The van der Waals surface area contributed by atoms with Crippen LogP contribution in [0.3, 0.4) is 0 Å². The van der Waals surface area contributed by atoms with Gasteiger partial charge in [-0.25, -0.2) is 0 Å². The molecule has 0 bridgehead atoms. The smallest absolute Gasteiger partial charge is 0.157 e. The van der Waals surface area contributed by atoms with Crippen molar-refractivity contribution in [1.29, 1.82) is 0 Å². The third kappa shape index (κ3) is 3.10. The van der Waals surface area contributed by atoms with Crippen molar-refractivity contribution < 1.29 is 0 Å². The maximum Gasteiger partial charge on any atom is 0.157 e. The molecule has 3 heterocycles. The molecule has 5 heteroatoms. The molecule has 1 fully saturated rings. The van der Waals surface area contributed by atoms with E-state index in [2.05, 4.69) is 44.6 Å². The average Bonchev–Trinajstić information content (AvgIpc) is 3.46. The van der Waals surface area contributed by atoms with Crippen molar-refractivity contribution in [2.24, 2.45) is 5.92 Å². The lowest BCUT2D eigenvalue weighted by molar-refractivity contribution is 0.520. The van der Waals surface area contributed by atoms with Crippen molar-refractivity contribution in [2.75, 3.05) is 11.9 Å². The molecule has 0 radical (unpaired) electrons. The van der Waals surface area contributed by atoms with E-state index in [1.54, 1.807) is 0 Å². The lowest BCUT2D eigenvalue weighted by Gasteiger charge is -2.15. The molecular formula is C21H23N5. The fraction of sp³-hybridized carbons (Fsp3) is 0.333. The van der Waals surface area contributed by atoms with Crippen molar-refractivity contribution >= 4 is 11.5 Å². The number of rotatable bonds is 5. The summed E-state index contributed by atoms with van der Waals surface area (Å²) in [5.74, 6) is 1.84. The predicted octanol–water partition coefficient (Wildman–Crippen LogP) is 3.74. The zero-order valence-electron chi connectivity index (χ0n) is 14.8. The number of benzene rings is 1. The van der Waals surface area contributed by atoms with Crippen molar-refractivity contribution in [3.05, 3.63) is 60.0 Å². The van der Waals surface area contributed by atoms with Crippen LogP contribution in [0.25, 0.3) is 11.1 Å². The molecule has 2 aromatic heterocycles. The zero-order chi connectivity index (χ0) is 17.3. The summed E-state index contributed by atoms with van der Waals surface area (Å²) in [7, 11) is 0. The number of fused-ring (bicyclic) bond motifs is 1. The van der Waals surface area contributed by atoms with E-state index in [1.807, 2.05) is 24.5 Å². The third-order valence-electron chi connectivity index (χ3n) is 5.30. The maximum absolute atomic E-state index is 4.91. The van der Waals surface area contributed by atoms with Crippen LogP contribution in [0.4, 0.5) is 11.5 Å². The monoisotopic (exact) mass is 345 g/mol. The Morgan fingerprint density at radius 3 is 2.58 bits per heavy atom. The Morgan fingerprint density at radius 1 is 1.04 bits per heavy atom. The van der Waals surface area contributed by atoms with E-state index < -0.39 is 0 Å². The molecule has 0 saturated heterocycles. The summed E-state index contributed by atoms with van der Waals surface area (Å²) >= 11 is 0. The van der Waals surface area contributed by atoms with E-state index in [-0.39, 0.29) is 0 Å². The van der Waals surface area contributed by atoms with E-state index in [0.717, 1.165) is 43.5 Å². The Kier molecular flexibility index (Phi) is 3.94. The van der Waals surface area contributed by atoms with Crippen LogP contribution in [0.2, 0.25) is 0 Å². The van der Waals surface area contributed by atoms with Crippen LogP contribution in [-0.2, 0) is 19.5 Å². The molecule has 5 rings (SSSR count). The van der Waals surface area contributed by atoms with Crippen molar-refractivity contribution in [3.8, 4) is 11.1 Å². The van der Waals surface area contributed by atoms with Crippen molar-refractivity contribution in [3.63, 3.8) is 0 Å². The molecule has 0 unspecified atom stereocenters. The molecule has 132 valence electrons. The third-order valence-corrected chi connectivity index (χ3v) is 5.30. The molecule has 1 saturated carbocycles. The topological polar surface area (TPSA) is 54.8 Å². The van der Waals surface area contributed by atoms with Gasteiger partial charge < -0.3 is 10.6 Å². The summed E-state index contributed by atoms with van der Waals surface area (Å²) in [5, 5.41) is 11.9. The van der Waals surface area contributed by atoms with E-state index in [9.17, 15) is 0 Å². The van der Waals surface area contributed by atoms with Crippen molar-refractivity contribution in [2.45, 2.75) is 32.4 Å². The largest absolute Gasteiger partial charge is 0.338 e. The van der Waals surface area contributed by atoms with Crippen molar-refractivity contribution in [1.82, 2.24) is 20.1 Å². The number of pyridine rings is 1. The van der Waals surface area contributed by atoms with E-state index in [0.29, 0.717) is 0 Å². The van der Waals surface area contributed by atoms with Gasteiger partial charge in [0.15, 0.2) is 5.82 Å². The van der Waals surface area contributed by atoms with Gasteiger partial charge in [-0.05, 0) is 54.2 Å². The van der Waals surface area contributed by atoms with Gasteiger partial charge in [-0.15, -0.1) is 0 Å². The first-order valence-electron chi connectivity index (χ1n) is 9.43. The van der Waals surface area contributed by atoms with E-state index in [4.69, 9.17) is 5.10 Å². The molecule has 0 amide bonds. The van der Waals surface area contributed by atoms with Gasteiger partial charge in [0.25, 0.3) is 0 Å². The molecule has 0 spiro atoms. The first-order chi connectivity index (χ1) is 12.9. The molecule has 1 aromatic carbocycles. The summed E-state index contributed by atoms with van der Waals surface area (Å²) in [6, 6.07) is 12.6. The normalized spacial score (nSPS) is 16.3. The summed E-state index contributed by atoms with van der Waals surface area (Å²) < 4.78 is 2.25. The van der Waals surface area contributed by atoms with Gasteiger partial charge in [0.05, 0.1) is 0 Å². The van der Waals surface area contributed by atoms with Gasteiger partial charge >= 0.3 is 0 Å². The lowest BCUT2D eigenvalue weighted by Crippen LogP contribution is -2.25. The Hall–Kier alpha value is -2.66. The first-order valence-corrected chi connectivity index (χ1v) is 9.43. The minimum atomic E-state index is 0.835. The second-order valence-corrected chi connectivity index (χ2v) is 7.26. The molecule has 0 atom stereocenters. The van der Waals surface area contributed by atoms with Gasteiger partial charge in [-0.3, -0.25) is 9.67 Å². The highest BCUT2D eigenvalue weighted by molar-refractivity contribution is 5.68. The Bertz CT molecular complexity index is 894.